The number of carbonyl (C=O) groups is 1. The van der Waals surface area contributed by atoms with Gasteiger partial charge in [-0.2, -0.15) is 0 Å². The molecule has 0 N–H and O–H groups in total. The Balaban J connectivity index is 1.97. The fraction of sp³-hybridized carbons (Fsp3) is 0.458. The van der Waals surface area contributed by atoms with Crippen LogP contribution in [0.2, 0.25) is 0 Å². The van der Waals surface area contributed by atoms with E-state index in [2.05, 4.69) is 18.2 Å². The van der Waals surface area contributed by atoms with Crippen molar-refractivity contribution in [3.63, 3.8) is 0 Å². The van der Waals surface area contributed by atoms with Crippen molar-refractivity contribution in [3.05, 3.63) is 59.7 Å². The van der Waals surface area contributed by atoms with Crippen LogP contribution in [0.25, 0.3) is 0 Å². The van der Waals surface area contributed by atoms with E-state index in [9.17, 15) is 4.79 Å². The van der Waals surface area contributed by atoms with Crippen molar-refractivity contribution in [3.8, 4) is 11.5 Å². The Hall–Kier alpha value is -2.53. The number of hydrogen-bond acceptors (Lipinski definition) is 5. The highest BCUT2D eigenvalue weighted by Crippen LogP contribution is 2.21. The minimum atomic E-state index is -0.293. The Morgan fingerprint density at radius 3 is 2.41 bits per heavy atom. The Morgan fingerprint density at radius 2 is 1.76 bits per heavy atom. The van der Waals surface area contributed by atoms with Gasteiger partial charge in [-0.3, -0.25) is 4.79 Å². The third kappa shape index (κ3) is 8.16. The summed E-state index contributed by atoms with van der Waals surface area (Å²) in [5.74, 6) is 1.54. The predicted molar refractivity (Wildman–Crippen MR) is 116 cm³/mol. The normalized spacial score (nSPS) is 11.9. The lowest BCUT2D eigenvalue weighted by atomic mass is 10.0. The number of likely N-dealkylation sites (N-methyl/N-ethyl adjacent to an activating group) is 1. The van der Waals surface area contributed by atoms with Gasteiger partial charge in [0.15, 0.2) is 0 Å². The maximum Gasteiger partial charge on any atom is 0.306 e. The first kappa shape index (κ1) is 22.8. The number of methoxy groups -OCH3 is 1. The molecule has 0 aromatic heterocycles. The highest BCUT2D eigenvalue weighted by molar-refractivity contribution is 5.69. The molecule has 0 heterocycles. The maximum absolute atomic E-state index is 11.9. The fourth-order valence-corrected chi connectivity index (χ4v) is 3.09. The van der Waals surface area contributed by atoms with Gasteiger partial charge >= 0.3 is 5.97 Å². The van der Waals surface area contributed by atoms with Crippen LogP contribution in [0.3, 0.4) is 0 Å². The first-order valence-electron chi connectivity index (χ1n) is 10.2. The van der Waals surface area contributed by atoms with Crippen molar-refractivity contribution in [2.24, 2.45) is 0 Å². The molecule has 0 spiro atoms. The van der Waals surface area contributed by atoms with Crippen LogP contribution in [0.1, 0.15) is 30.9 Å². The van der Waals surface area contributed by atoms with Crippen LogP contribution >= 0.6 is 0 Å². The third-order valence-corrected chi connectivity index (χ3v) is 4.56. The third-order valence-electron chi connectivity index (χ3n) is 4.56. The van der Waals surface area contributed by atoms with Crippen LogP contribution < -0.4 is 9.47 Å². The van der Waals surface area contributed by atoms with Gasteiger partial charge < -0.3 is 19.1 Å². The molecule has 0 amide bonds. The minimum absolute atomic E-state index is 0.171. The van der Waals surface area contributed by atoms with Gasteiger partial charge in [0.25, 0.3) is 0 Å². The van der Waals surface area contributed by atoms with E-state index in [0.717, 1.165) is 36.3 Å². The molecule has 0 aliphatic heterocycles. The van der Waals surface area contributed by atoms with Gasteiger partial charge in [-0.25, -0.2) is 0 Å². The highest BCUT2D eigenvalue weighted by atomic mass is 16.6. The molecule has 5 nitrogen and oxygen atoms in total. The standard InChI is InChI=1S/C24H33NO4/c1-5-8-24(26)29-22(17-25(2)3)18-28-23-10-7-6-9-20(23)14-11-19-12-15-21(27-4)16-13-19/h6-7,9-10,12-13,15-16,22H,5,8,11,14,17-18H2,1-4H3. The zero-order chi connectivity index (χ0) is 21.1. The van der Waals surface area contributed by atoms with Gasteiger partial charge in [0.05, 0.1) is 7.11 Å². The number of esters is 1. The van der Waals surface area contributed by atoms with E-state index in [4.69, 9.17) is 14.2 Å². The van der Waals surface area contributed by atoms with E-state index in [1.807, 2.05) is 56.3 Å². The van der Waals surface area contributed by atoms with E-state index >= 15 is 0 Å². The fourth-order valence-electron chi connectivity index (χ4n) is 3.09. The Kier molecular flexibility index (Phi) is 9.51. The molecule has 2 aromatic rings. The van der Waals surface area contributed by atoms with Crippen LogP contribution in [0.5, 0.6) is 11.5 Å². The van der Waals surface area contributed by atoms with Crippen molar-refractivity contribution in [1.29, 1.82) is 0 Å². The number of aryl methyl sites for hydroxylation is 2. The lowest BCUT2D eigenvalue weighted by molar-refractivity contribution is -0.151. The monoisotopic (exact) mass is 399 g/mol. The molecule has 0 aliphatic carbocycles. The smallest absolute Gasteiger partial charge is 0.306 e. The summed E-state index contributed by atoms with van der Waals surface area (Å²) in [6.45, 7) is 2.94. The lowest BCUT2D eigenvalue weighted by Crippen LogP contribution is -2.35. The summed E-state index contributed by atoms with van der Waals surface area (Å²) in [6, 6.07) is 16.2. The van der Waals surface area contributed by atoms with Crippen LogP contribution in [-0.4, -0.2) is 51.3 Å². The largest absolute Gasteiger partial charge is 0.497 e. The van der Waals surface area contributed by atoms with Crippen molar-refractivity contribution in [1.82, 2.24) is 4.90 Å². The highest BCUT2D eigenvalue weighted by Gasteiger charge is 2.17. The summed E-state index contributed by atoms with van der Waals surface area (Å²) in [6.07, 6.45) is 2.71. The zero-order valence-electron chi connectivity index (χ0n) is 18.0. The van der Waals surface area contributed by atoms with E-state index in [0.29, 0.717) is 19.6 Å². The molecule has 1 atom stereocenters. The first-order chi connectivity index (χ1) is 14.0. The van der Waals surface area contributed by atoms with Crippen molar-refractivity contribution < 1.29 is 19.0 Å². The first-order valence-corrected chi connectivity index (χ1v) is 10.2. The number of para-hydroxylation sites is 1. The number of carbonyl (C=O) groups excluding carboxylic acids is 1. The zero-order valence-corrected chi connectivity index (χ0v) is 18.0. The van der Waals surface area contributed by atoms with E-state index < -0.39 is 0 Å². The summed E-state index contributed by atoms with van der Waals surface area (Å²) >= 11 is 0. The number of hydrogen-bond donors (Lipinski definition) is 0. The maximum atomic E-state index is 11.9. The number of ether oxygens (including phenoxy) is 3. The molecule has 2 aromatic carbocycles. The molecule has 0 fully saturated rings. The molecule has 0 bridgehead atoms. The molecule has 0 saturated carbocycles. The van der Waals surface area contributed by atoms with Crippen molar-refractivity contribution >= 4 is 5.97 Å². The van der Waals surface area contributed by atoms with E-state index in [1.54, 1.807) is 7.11 Å². The Labute approximate surface area is 174 Å². The second-order valence-corrected chi connectivity index (χ2v) is 7.39. The second-order valence-electron chi connectivity index (χ2n) is 7.39. The molecule has 158 valence electrons. The van der Waals surface area contributed by atoms with Crippen LogP contribution in [0, 0.1) is 0 Å². The van der Waals surface area contributed by atoms with Gasteiger partial charge in [-0.1, -0.05) is 37.3 Å². The SMILES string of the molecule is CCCC(=O)OC(COc1ccccc1CCc1ccc(OC)cc1)CN(C)C. The van der Waals surface area contributed by atoms with Crippen LogP contribution in [0.4, 0.5) is 0 Å². The van der Waals surface area contributed by atoms with Crippen LogP contribution in [-0.2, 0) is 22.4 Å². The predicted octanol–water partition coefficient (Wildman–Crippen LogP) is 4.13. The van der Waals surface area contributed by atoms with Gasteiger partial charge in [0.1, 0.15) is 24.2 Å². The number of benzene rings is 2. The van der Waals surface area contributed by atoms with Crippen molar-refractivity contribution in [2.45, 2.75) is 38.7 Å². The minimum Gasteiger partial charge on any atom is -0.497 e. The number of nitrogens with zero attached hydrogens (tertiary/aromatic N) is 1. The molecule has 0 radical (unpaired) electrons. The van der Waals surface area contributed by atoms with Crippen LogP contribution in [0.15, 0.2) is 48.5 Å². The molecular formula is C24H33NO4. The van der Waals surface area contributed by atoms with E-state index in [1.165, 1.54) is 5.56 Å². The van der Waals surface area contributed by atoms with Gasteiger partial charge in [0.2, 0.25) is 0 Å². The quantitative estimate of drug-likeness (QED) is 0.502. The average Bonchev–Trinajstić information content (AvgIpc) is 2.71. The average molecular weight is 400 g/mol. The molecule has 0 saturated heterocycles. The van der Waals surface area contributed by atoms with Crippen molar-refractivity contribution in [2.75, 3.05) is 34.4 Å². The van der Waals surface area contributed by atoms with Gasteiger partial charge in [-0.15, -0.1) is 0 Å². The summed E-state index contributed by atoms with van der Waals surface area (Å²) in [5, 5.41) is 0. The Bertz CT molecular complexity index is 743. The summed E-state index contributed by atoms with van der Waals surface area (Å²) < 4.78 is 16.9. The second kappa shape index (κ2) is 12.1. The summed E-state index contributed by atoms with van der Waals surface area (Å²) in [5.41, 5.74) is 2.39. The topological polar surface area (TPSA) is 48.0 Å². The lowest BCUT2D eigenvalue weighted by Gasteiger charge is -2.22. The molecule has 29 heavy (non-hydrogen) atoms. The van der Waals surface area contributed by atoms with Gasteiger partial charge in [-0.05, 0) is 62.7 Å². The van der Waals surface area contributed by atoms with Gasteiger partial charge in [0, 0.05) is 13.0 Å². The molecule has 0 aliphatic rings. The molecule has 5 heteroatoms. The number of rotatable bonds is 12. The summed E-state index contributed by atoms with van der Waals surface area (Å²) in [4.78, 5) is 13.9. The molecule has 2 rings (SSSR count). The summed E-state index contributed by atoms with van der Waals surface area (Å²) in [7, 11) is 5.60. The van der Waals surface area contributed by atoms with E-state index in [-0.39, 0.29) is 12.1 Å². The molecule has 1 unspecified atom stereocenters. The Morgan fingerprint density at radius 1 is 1.03 bits per heavy atom. The molecular weight excluding hydrogens is 366 g/mol.